The summed E-state index contributed by atoms with van der Waals surface area (Å²) in [4.78, 5) is 4.62. The number of morpholine rings is 1. The first-order valence-electron chi connectivity index (χ1n) is 10.4. The molecule has 0 atom stereocenters. The van der Waals surface area contributed by atoms with E-state index in [0.29, 0.717) is 22.4 Å². The molecule has 6 nitrogen and oxygen atoms in total. The van der Waals surface area contributed by atoms with E-state index in [1.807, 2.05) is 30.3 Å². The molecule has 0 bridgehead atoms. The molecule has 2 aromatic rings. The summed E-state index contributed by atoms with van der Waals surface area (Å²) < 4.78 is 16.3. The van der Waals surface area contributed by atoms with Gasteiger partial charge in [0, 0.05) is 43.8 Å². The van der Waals surface area contributed by atoms with Crippen LogP contribution < -0.4 is 14.8 Å². The Kier molecular flexibility index (Phi) is 9.21. The van der Waals surface area contributed by atoms with Gasteiger partial charge in [-0.2, -0.15) is 0 Å². The van der Waals surface area contributed by atoms with Gasteiger partial charge < -0.3 is 24.4 Å². The van der Waals surface area contributed by atoms with Gasteiger partial charge in [-0.3, -0.25) is 4.90 Å². The molecule has 0 aromatic heterocycles. The lowest BCUT2D eigenvalue weighted by Crippen LogP contribution is -2.40. The second-order valence-corrected chi connectivity index (χ2v) is 8.18. The van der Waals surface area contributed by atoms with E-state index in [1.54, 1.807) is 20.3 Å². The number of methoxy groups -OCH3 is 2. The topological polar surface area (TPSA) is 46.2 Å². The summed E-state index contributed by atoms with van der Waals surface area (Å²) in [7, 11) is 3.30. The maximum atomic E-state index is 6.10. The second-order valence-electron chi connectivity index (χ2n) is 7.36. The molecular weight excluding hydrogens is 434 g/mol. The highest BCUT2D eigenvalue weighted by Crippen LogP contribution is 2.28. The average molecular weight is 464 g/mol. The minimum absolute atomic E-state index is 0.618. The van der Waals surface area contributed by atoms with Crippen molar-refractivity contribution in [1.29, 1.82) is 0 Å². The standard InChI is InChI=1S/C23H30ClN3O3S/c1-28-20-6-3-5-18(15-20)17-27(10-4-9-26-11-13-30-14-12-26)23(31)25-21-8-7-19(24)16-22(21)29-2/h3,5-8,15-16H,4,9-14,17H2,1-2H3,(H,25,31). The van der Waals surface area contributed by atoms with Crippen LogP contribution >= 0.6 is 23.8 Å². The molecule has 0 aliphatic carbocycles. The van der Waals surface area contributed by atoms with E-state index in [-0.39, 0.29) is 0 Å². The molecule has 2 aromatic carbocycles. The van der Waals surface area contributed by atoms with Gasteiger partial charge in [0.15, 0.2) is 5.11 Å². The summed E-state index contributed by atoms with van der Waals surface area (Å²) in [5.41, 5.74) is 1.93. The molecule has 8 heteroatoms. The zero-order valence-corrected chi connectivity index (χ0v) is 19.7. The number of hydrogen-bond acceptors (Lipinski definition) is 5. The number of anilines is 1. The molecule has 3 rings (SSSR count). The fourth-order valence-corrected chi connectivity index (χ4v) is 3.94. The zero-order valence-electron chi connectivity index (χ0n) is 18.1. The number of nitrogens with one attached hydrogen (secondary N) is 1. The Morgan fingerprint density at radius 1 is 1.16 bits per heavy atom. The van der Waals surface area contributed by atoms with Crippen LogP contribution in [0.5, 0.6) is 11.5 Å². The van der Waals surface area contributed by atoms with Gasteiger partial charge in [0.1, 0.15) is 11.5 Å². The molecule has 0 amide bonds. The number of rotatable bonds is 9. The van der Waals surface area contributed by atoms with Crippen LogP contribution in [0.15, 0.2) is 42.5 Å². The third-order valence-electron chi connectivity index (χ3n) is 5.21. The van der Waals surface area contributed by atoms with Crippen molar-refractivity contribution < 1.29 is 14.2 Å². The van der Waals surface area contributed by atoms with Gasteiger partial charge in [0.05, 0.1) is 33.1 Å². The maximum Gasteiger partial charge on any atom is 0.173 e. The maximum absolute atomic E-state index is 6.10. The van der Waals surface area contributed by atoms with Crippen molar-refractivity contribution in [2.24, 2.45) is 0 Å². The first-order valence-corrected chi connectivity index (χ1v) is 11.2. The van der Waals surface area contributed by atoms with Crippen LogP contribution in [0.25, 0.3) is 0 Å². The Bertz CT molecular complexity index is 862. The number of hydrogen-bond donors (Lipinski definition) is 1. The van der Waals surface area contributed by atoms with Crippen molar-refractivity contribution in [3.05, 3.63) is 53.1 Å². The molecule has 0 saturated carbocycles. The Labute approximate surface area is 195 Å². The number of benzene rings is 2. The van der Waals surface area contributed by atoms with Crippen LogP contribution in [-0.2, 0) is 11.3 Å². The number of nitrogens with zero attached hydrogens (tertiary/aromatic N) is 2. The van der Waals surface area contributed by atoms with Crippen LogP contribution in [0.2, 0.25) is 5.02 Å². The normalized spacial score (nSPS) is 14.2. The lowest BCUT2D eigenvalue weighted by molar-refractivity contribution is 0.0368. The highest BCUT2D eigenvalue weighted by atomic mass is 35.5. The van der Waals surface area contributed by atoms with Crippen molar-refractivity contribution in [3.63, 3.8) is 0 Å². The molecule has 0 spiro atoms. The van der Waals surface area contributed by atoms with Crippen molar-refractivity contribution in [1.82, 2.24) is 9.80 Å². The van der Waals surface area contributed by atoms with Gasteiger partial charge in [0.2, 0.25) is 0 Å². The van der Waals surface area contributed by atoms with Crippen LogP contribution in [0.4, 0.5) is 5.69 Å². The molecule has 168 valence electrons. The Morgan fingerprint density at radius 3 is 2.71 bits per heavy atom. The largest absolute Gasteiger partial charge is 0.497 e. The molecule has 1 saturated heterocycles. The summed E-state index contributed by atoms with van der Waals surface area (Å²) >= 11 is 11.9. The highest BCUT2D eigenvalue weighted by Gasteiger charge is 2.15. The number of thiocarbonyl (C=S) groups is 1. The van der Waals surface area contributed by atoms with Gasteiger partial charge in [-0.05, 0) is 48.5 Å². The average Bonchev–Trinajstić information content (AvgIpc) is 2.80. The van der Waals surface area contributed by atoms with Crippen molar-refractivity contribution >= 4 is 34.6 Å². The van der Waals surface area contributed by atoms with E-state index < -0.39 is 0 Å². The van der Waals surface area contributed by atoms with Gasteiger partial charge in [-0.25, -0.2) is 0 Å². The Hall–Kier alpha value is -2.06. The summed E-state index contributed by atoms with van der Waals surface area (Å²) in [6.45, 7) is 6.12. The fourth-order valence-electron chi connectivity index (χ4n) is 3.52. The van der Waals surface area contributed by atoms with E-state index in [9.17, 15) is 0 Å². The van der Waals surface area contributed by atoms with Crippen LogP contribution in [0.1, 0.15) is 12.0 Å². The quantitative estimate of drug-likeness (QED) is 0.557. The summed E-state index contributed by atoms with van der Waals surface area (Å²) in [6, 6.07) is 13.5. The monoisotopic (exact) mass is 463 g/mol. The Morgan fingerprint density at radius 2 is 1.97 bits per heavy atom. The number of halogens is 1. The van der Waals surface area contributed by atoms with E-state index in [2.05, 4.69) is 21.2 Å². The minimum Gasteiger partial charge on any atom is -0.497 e. The molecule has 0 radical (unpaired) electrons. The smallest absolute Gasteiger partial charge is 0.173 e. The first kappa shape index (κ1) is 23.6. The molecule has 31 heavy (non-hydrogen) atoms. The van der Waals surface area contributed by atoms with Gasteiger partial charge >= 0.3 is 0 Å². The fraction of sp³-hybridized carbons (Fsp3) is 0.435. The summed E-state index contributed by atoms with van der Waals surface area (Å²) in [6.07, 6.45) is 1.00. The summed E-state index contributed by atoms with van der Waals surface area (Å²) in [5.74, 6) is 1.49. The van der Waals surface area contributed by atoms with E-state index in [0.717, 1.165) is 62.8 Å². The van der Waals surface area contributed by atoms with Gasteiger partial charge in [-0.15, -0.1) is 0 Å². The second kappa shape index (κ2) is 12.1. The van der Waals surface area contributed by atoms with Crippen molar-refractivity contribution in [2.75, 3.05) is 58.9 Å². The molecule has 1 N–H and O–H groups in total. The third-order valence-corrected chi connectivity index (χ3v) is 5.80. The molecule has 1 heterocycles. The predicted molar refractivity (Wildman–Crippen MR) is 130 cm³/mol. The van der Waals surface area contributed by atoms with Gasteiger partial charge in [0.25, 0.3) is 0 Å². The SMILES string of the molecule is COc1cccc(CN(CCCN2CCOCC2)C(=S)Nc2ccc(Cl)cc2OC)c1. The molecule has 1 aliphatic heterocycles. The predicted octanol–water partition coefficient (Wildman–Crippen LogP) is 4.28. The van der Waals surface area contributed by atoms with Gasteiger partial charge in [-0.1, -0.05) is 23.7 Å². The zero-order chi connectivity index (χ0) is 22.1. The number of ether oxygens (including phenoxy) is 3. The van der Waals surface area contributed by atoms with Crippen LogP contribution in [0.3, 0.4) is 0 Å². The Balaban J connectivity index is 1.69. The minimum atomic E-state index is 0.618. The van der Waals surface area contributed by atoms with E-state index >= 15 is 0 Å². The molecule has 0 unspecified atom stereocenters. The molecular formula is C23H30ClN3O3S. The lowest BCUT2D eigenvalue weighted by atomic mass is 10.2. The van der Waals surface area contributed by atoms with Crippen LogP contribution in [-0.4, -0.2) is 68.5 Å². The van der Waals surface area contributed by atoms with Crippen LogP contribution in [0, 0.1) is 0 Å². The lowest BCUT2D eigenvalue weighted by Gasteiger charge is -2.30. The molecule has 1 fully saturated rings. The van der Waals surface area contributed by atoms with E-state index in [4.69, 9.17) is 38.0 Å². The molecule has 1 aliphatic rings. The highest BCUT2D eigenvalue weighted by molar-refractivity contribution is 7.80. The van der Waals surface area contributed by atoms with Crippen molar-refractivity contribution in [2.45, 2.75) is 13.0 Å². The van der Waals surface area contributed by atoms with E-state index in [1.165, 1.54) is 0 Å². The third kappa shape index (κ3) is 7.25. The first-order chi connectivity index (χ1) is 15.1. The van der Waals surface area contributed by atoms with Crippen molar-refractivity contribution in [3.8, 4) is 11.5 Å². The summed E-state index contributed by atoms with van der Waals surface area (Å²) in [5, 5.41) is 4.60.